The lowest BCUT2D eigenvalue weighted by Gasteiger charge is -2.28. The van der Waals surface area contributed by atoms with E-state index in [-0.39, 0.29) is 5.41 Å². The van der Waals surface area contributed by atoms with Crippen molar-refractivity contribution in [2.24, 2.45) is 0 Å². The van der Waals surface area contributed by atoms with Gasteiger partial charge in [-0.15, -0.1) is 0 Å². The summed E-state index contributed by atoms with van der Waals surface area (Å²) in [7, 11) is 0. The first-order chi connectivity index (χ1) is 15.5. The van der Waals surface area contributed by atoms with Gasteiger partial charge in [0.25, 0.3) is 0 Å². The summed E-state index contributed by atoms with van der Waals surface area (Å²) < 4.78 is 2.41. The Morgan fingerprint density at radius 1 is 0.844 bits per heavy atom. The van der Waals surface area contributed by atoms with E-state index in [0.29, 0.717) is 0 Å². The van der Waals surface area contributed by atoms with E-state index in [1.807, 2.05) is 0 Å². The molecule has 4 aromatic rings. The van der Waals surface area contributed by atoms with E-state index in [2.05, 4.69) is 121 Å². The predicted molar refractivity (Wildman–Crippen MR) is 141 cm³/mol. The van der Waals surface area contributed by atoms with Crippen LogP contribution in [0.4, 0.5) is 5.69 Å². The summed E-state index contributed by atoms with van der Waals surface area (Å²) in [6.45, 7) is 9.99. The molecule has 3 heteroatoms. The summed E-state index contributed by atoms with van der Waals surface area (Å²) in [5, 5.41) is 1.32. The third kappa shape index (κ3) is 4.31. The average molecular weight is 441 g/mol. The number of rotatable bonds is 4. The summed E-state index contributed by atoms with van der Waals surface area (Å²) in [6.07, 6.45) is 2.33. The third-order valence-corrected chi connectivity index (χ3v) is 7.43. The van der Waals surface area contributed by atoms with Gasteiger partial charge in [-0.1, -0.05) is 75.4 Å². The lowest BCUT2D eigenvalue weighted by atomic mass is 9.86. The molecule has 0 radical (unpaired) electrons. The largest absolute Gasteiger partial charge is 0.370 e. The van der Waals surface area contributed by atoms with Gasteiger partial charge in [0.1, 0.15) is 0 Å². The molecular weight excluding hydrogens is 408 g/mol. The maximum absolute atomic E-state index is 2.52. The second-order valence-corrected chi connectivity index (χ2v) is 11.0. The Balaban J connectivity index is 1.48. The lowest BCUT2D eigenvalue weighted by molar-refractivity contribution is 0.590. The Kier molecular flexibility index (Phi) is 5.77. The van der Waals surface area contributed by atoms with Crippen molar-refractivity contribution in [2.45, 2.75) is 32.7 Å². The molecule has 5 rings (SSSR count). The number of fused-ring (bicyclic) bond motifs is 1. The second kappa shape index (κ2) is 8.71. The Bertz CT molecular complexity index is 1210. The molecule has 1 fully saturated rings. The number of benzene rings is 3. The van der Waals surface area contributed by atoms with Crippen LogP contribution in [0.3, 0.4) is 0 Å². The van der Waals surface area contributed by atoms with Crippen LogP contribution in [0.2, 0.25) is 0 Å². The normalized spacial score (nSPS) is 14.8. The lowest BCUT2D eigenvalue weighted by Crippen LogP contribution is -2.32. The minimum Gasteiger partial charge on any atom is -0.370 e. The molecule has 32 heavy (non-hydrogen) atoms. The van der Waals surface area contributed by atoms with Gasteiger partial charge in [-0.2, -0.15) is 11.8 Å². The van der Waals surface area contributed by atoms with Crippen molar-refractivity contribution < 1.29 is 0 Å². The standard InChI is InChI=1S/C29H32N2S/c1-29(2,3)24-13-11-23(12-14-24)27-21-31(28-10-5-4-9-26(27)28)20-22-7-6-8-25(19-22)30-15-17-32-18-16-30/h4-14,19,21H,15-18,20H2,1-3H3. The Hall–Kier alpha value is -2.65. The molecule has 1 aliphatic rings. The van der Waals surface area contributed by atoms with Crippen molar-refractivity contribution >= 4 is 28.4 Å². The fourth-order valence-electron chi connectivity index (χ4n) is 4.63. The third-order valence-electron chi connectivity index (χ3n) is 6.49. The smallest absolute Gasteiger partial charge is 0.0489 e. The highest BCUT2D eigenvalue weighted by Gasteiger charge is 2.16. The van der Waals surface area contributed by atoms with E-state index in [1.165, 1.54) is 50.3 Å². The summed E-state index contributed by atoms with van der Waals surface area (Å²) in [6, 6.07) is 27.0. The van der Waals surface area contributed by atoms with Crippen LogP contribution in [0, 0.1) is 0 Å². The fourth-order valence-corrected chi connectivity index (χ4v) is 5.53. The average Bonchev–Trinajstić information content (AvgIpc) is 3.18. The van der Waals surface area contributed by atoms with Crippen molar-refractivity contribution in [1.29, 1.82) is 0 Å². The Morgan fingerprint density at radius 2 is 1.59 bits per heavy atom. The zero-order valence-corrected chi connectivity index (χ0v) is 20.2. The molecule has 0 saturated carbocycles. The predicted octanol–water partition coefficient (Wildman–Crippen LogP) is 7.21. The Labute approximate surface area is 196 Å². The van der Waals surface area contributed by atoms with E-state index >= 15 is 0 Å². The molecule has 1 saturated heterocycles. The van der Waals surface area contributed by atoms with Crippen LogP contribution >= 0.6 is 11.8 Å². The minimum atomic E-state index is 0.171. The highest BCUT2D eigenvalue weighted by molar-refractivity contribution is 7.99. The number of hydrogen-bond acceptors (Lipinski definition) is 2. The summed E-state index contributed by atoms with van der Waals surface area (Å²) in [5.74, 6) is 2.45. The molecule has 2 heterocycles. The van der Waals surface area contributed by atoms with Crippen LogP contribution in [0.25, 0.3) is 22.0 Å². The molecule has 1 aliphatic heterocycles. The van der Waals surface area contributed by atoms with Crippen molar-refractivity contribution in [1.82, 2.24) is 4.57 Å². The van der Waals surface area contributed by atoms with E-state index in [4.69, 9.17) is 0 Å². The van der Waals surface area contributed by atoms with Crippen molar-refractivity contribution in [2.75, 3.05) is 29.5 Å². The second-order valence-electron chi connectivity index (χ2n) is 9.78. The molecule has 0 aliphatic carbocycles. The molecular formula is C29H32N2S. The molecule has 164 valence electrons. The van der Waals surface area contributed by atoms with Crippen LogP contribution < -0.4 is 4.90 Å². The zero-order chi connectivity index (χ0) is 22.1. The van der Waals surface area contributed by atoms with Gasteiger partial charge in [-0.05, 0) is 40.3 Å². The monoisotopic (exact) mass is 440 g/mol. The topological polar surface area (TPSA) is 8.17 Å². The maximum atomic E-state index is 2.52. The number of aromatic nitrogens is 1. The van der Waals surface area contributed by atoms with Crippen LogP contribution in [0.15, 0.2) is 79.0 Å². The first kappa shape index (κ1) is 21.2. The van der Waals surface area contributed by atoms with Gasteiger partial charge >= 0.3 is 0 Å². The molecule has 0 amide bonds. The molecule has 0 atom stereocenters. The maximum Gasteiger partial charge on any atom is 0.0489 e. The molecule has 1 aromatic heterocycles. The van der Waals surface area contributed by atoms with E-state index in [0.717, 1.165) is 19.6 Å². The Morgan fingerprint density at radius 3 is 2.34 bits per heavy atom. The van der Waals surface area contributed by atoms with Gasteiger partial charge in [0, 0.05) is 59.5 Å². The van der Waals surface area contributed by atoms with E-state index in [9.17, 15) is 0 Å². The van der Waals surface area contributed by atoms with Crippen molar-refractivity contribution in [3.8, 4) is 11.1 Å². The van der Waals surface area contributed by atoms with Crippen molar-refractivity contribution in [3.63, 3.8) is 0 Å². The van der Waals surface area contributed by atoms with Crippen LogP contribution in [-0.2, 0) is 12.0 Å². The fraction of sp³-hybridized carbons (Fsp3) is 0.310. The number of hydrogen-bond donors (Lipinski definition) is 0. The van der Waals surface area contributed by atoms with Crippen LogP contribution in [-0.4, -0.2) is 29.2 Å². The van der Waals surface area contributed by atoms with Gasteiger partial charge in [0.05, 0.1) is 0 Å². The summed E-state index contributed by atoms with van der Waals surface area (Å²) in [5.41, 5.74) is 8.15. The highest BCUT2D eigenvalue weighted by Crippen LogP contribution is 2.33. The molecule has 3 aromatic carbocycles. The van der Waals surface area contributed by atoms with Gasteiger partial charge in [0.2, 0.25) is 0 Å². The number of thioether (sulfide) groups is 1. The molecule has 0 unspecified atom stereocenters. The first-order valence-corrected chi connectivity index (χ1v) is 12.7. The van der Waals surface area contributed by atoms with Crippen LogP contribution in [0.5, 0.6) is 0 Å². The number of anilines is 1. The van der Waals surface area contributed by atoms with Gasteiger partial charge in [-0.25, -0.2) is 0 Å². The highest BCUT2D eigenvalue weighted by atomic mass is 32.2. The van der Waals surface area contributed by atoms with Gasteiger partial charge in [0.15, 0.2) is 0 Å². The minimum absolute atomic E-state index is 0.171. The molecule has 2 nitrogen and oxygen atoms in total. The summed E-state index contributed by atoms with van der Waals surface area (Å²) >= 11 is 2.06. The number of para-hydroxylation sites is 1. The zero-order valence-electron chi connectivity index (χ0n) is 19.3. The van der Waals surface area contributed by atoms with Gasteiger partial charge < -0.3 is 9.47 Å². The quantitative estimate of drug-likeness (QED) is 0.331. The first-order valence-electron chi connectivity index (χ1n) is 11.6. The van der Waals surface area contributed by atoms with E-state index in [1.54, 1.807) is 0 Å². The van der Waals surface area contributed by atoms with Gasteiger partial charge in [-0.3, -0.25) is 0 Å². The van der Waals surface area contributed by atoms with E-state index < -0.39 is 0 Å². The van der Waals surface area contributed by atoms with Crippen molar-refractivity contribution in [3.05, 3.63) is 90.1 Å². The summed E-state index contributed by atoms with van der Waals surface area (Å²) in [4.78, 5) is 2.52. The number of nitrogens with zero attached hydrogens (tertiary/aromatic N) is 2. The molecule has 0 spiro atoms. The molecule has 0 N–H and O–H groups in total. The van der Waals surface area contributed by atoms with Crippen LogP contribution in [0.1, 0.15) is 31.9 Å². The SMILES string of the molecule is CC(C)(C)c1ccc(-c2cn(Cc3cccc(N4CCSCC4)c3)c3ccccc23)cc1. The molecule has 0 bridgehead atoms.